The maximum absolute atomic E-state index is 5.79. The molecule has 2 aromatic carbocycles. The molecule has 0 spiro atoms. The lowest BCUT2D eigenvalue weighted by Crippen LogP contribution is -2.10. The van der Waals surface area contributed by atoms with Crippen LogP contribution in [0.25, 0.3) is 0 Å². The van der Waals surface area contributed by atoms with Crippen molar-refractivity contribution in [2.75, 3.05) is 18.9 Å². The lowest BCUT2D eigenvalue weighted by molar-refractivity contribution is 0.215. The van der Waals surface area contributed by atoms with Gasteiger partial charge in [0.15, 0.2) is 0 Å². The molecule has 0 aromatic heterocycles. The van der Waals surface area contributed by atoms with E-state index in [1.807, 2.05) is 50.2 Å². The summed E-state index contributed by atoms with van der Waals surface area (Å²) >= 11 is 3.39. The third-order valence-corrected chi connectivity index (χ3v) is 3.42. The smallest absolute Gasteiger partial charge is 0.125 e. The van der Waals surface area contributed by atoms with Crippen LogP contribution in [0, 0.1) is 13.8 Å². The van der Waals surface area contributed by atoms with Crippen molar-refractivity contribution in [3.05, 3.63) is 52.0 Å². The van der Waals surface area contributed by atoms with Crippen LogP contribution in [0.15, 0.2) is 40.9 Å². The zero-order chi connectivity index (χ0) is 14.5. The van der Waals surface area contributed by atoms with Gasteiger partial charge in [0.25, 0.3) is 0 Å². The van der Waals surface area contributed by atoms with Gasteiger partial charge in [0.1, 0.15) is 24.7 Å². The van der Waals surface area contributed by atoms with E-state index in [2.05, 4.69) is 15.9 Å². The molecule has 2 N–H and O–H groups in total. The van der Waals surface area contributed by atoms with E-state index in [4.69, 9.17) is 15.2 Å². The molecule has 0 heterocycles. The molecular weight excluding hydrogens is 318 g/mol. The van der Waals surface area contributed by atoms with E-state index >= 15 is 0 Å². The van der Waals surface area contributed by atoms with Gasteiger partial charge in [0.05, 0.1) is 0 Å². The average molecular weight is 336 g/mol. The van der Waals surface area contributed by atoms with E-state index in [1.54, 1.807) is 0 Å². The van der Waals surface area contributed by atoms with Crippen molar-refractivity contribution in [1.29, 1.82) is 0 Å². The number of nitrogen functional groups attached to an aromatic ring is 1. The lowest BCUT2D eigenvalue weighted by atomic mass is 10.1. The molecule has 0 aliphatic carbocycles. The zero-order valence-corrected chi connectivity index (χ0v) is 13.2. The molecule has 0 bridgehead atoms. The van der Waals surface area contributed by atoms with Crippen molar-refractivity contribution in [1.82, 2.24) is 0 Å². The first-order valence-corrected chi connectivity index (χ1v) is 7.23. The second-order valence-corrected chi connectivity index (χ2v) is 5.55. The van der Waals surface area contributed by atoms with Gasteiger partial charge in [0.2, 0.25) is 0 Å². The van der Waals surface area contributed by atoms with E-state index < -0.39 is 0 Å². The first-order chi connectivity index (χ1) is 9.56. The molecule has 2 rings (SSSR count). The summed E-state index contributed by atoms with van der Waals surface area (Å²) in [5.41, 5.74) is 8.64. The summed E-state index contributed by atoms with van der Waals surface area (Å²) in [6, 6.07) is 11.6. The highest BCUT2D eigenvalue weighted by atomic mass is 79.9. The first-order valence-electron chi connectivity index (χ1n) is 6.44. The minimum atomic E-state index is 0.502. The number of hydrogen-bond donors (Lipinski definition) is 1. The van der Waals surface area contributed by atoms with Crippen molar-refractivity contribution < 1.29 is 9.47 Å². The predicted molar refractivity (Wildman–Crippen MR) is 85.5 cm³/mol. The number of anilines is 1. The molecule has 3 nitrogen and oxygen atoms in total. The molecule has 0 amide bonds. The molecule has 20 heavy (non-hydrogen) atoms. The summed E-state index contributed by atoms with van der Waals surface area (Å²) in [4.78, 5) is 0. The van der Waals surface area contributed by atoms with Crippen LogP contribution in [0.2, 0.25) is 0 Å². The zero-order valence-electron chi connectivity index (χ0n) is 11.7. The Morgan fingerprint density at radius 3 is 2.10 bits per heavy atom. The van der Waals surface area contributed by atoms with Crippen molar-refractivity contribution in [2.24, 2.45) is 0 Å². The summed E-state index contributed by atoms with van der Waals surface area (Å²) in [7, 11) is 0. The first kappa shape index (κ1) is 14.7. The van der Waals surface area contributed by atoms with Gasteiger partial charge in [0, 0.05) is 10.2 Å². The highest BCUT2D eigenvalue weighted by Crippen LogP contribution is 2.25. The topological polar surface area (TPSA) is 44.5 Å². The van der Waals surface area contributed by atoms with Crippen LogP contribution in [-0.2, 0) is 0 Å². The standard InChI is InChI=1S/C16H18BrNO2/c1-11-9-14(18)10-12(2)16(11)20-8-7-19-15-5-3-13(17)4-6-15/h3-6,9-10H,7-8,18H2,1-2H3. The van der Waals surface area contributed by atoms with Crippen LogP contribution >= 0.6 is 15.9 Å². The Morgan fingerprint density at radius 1 is 0.950 bits per heavy atom. The molecule has 0 atom stereocenters. The molecule has 0 radical (unpaired) electrons. The number of halogens is 1. The number of rotatable bonds is 5. The van der Waals surface area contributed by atoms with E-state index in [0.29, 0.717) is 13.2 Å². The fraction of sp³-hybridized carbons (Fsp3) is 0.250. The van der Waals surface area contributed by atoms with Crippen molar-refractivity contribution >= 4 is 21.6 Å². The Hall–Kier alpha value is -1.68. The average Bonchev–Trinajstić information content (AvgIpc) is 2.39. The van der Waals surface area contributed by atoms with Crippen LogP contribution in [0.5, 0.6) is 11.5 Å². The van der Waals surface area contributed by atoms with Crippen LogP contribution in [0.1, 0.15) is 11.1 Å². The molecule has 0 aliphatic heterocycles. The van der Waals surface area contributed by atoms with E-state index in [9.17, 15) is 0 Å². The van der Waals surface area contributed by atoms with E-state index in [0.717, 1.165) is 32.8 Å². The minimum absolute atomic E-state index is 0.502. The highest BCUT2D eigenvalue weighted by molar-refractivity contribution is 9.10. The van der Waals surface area contributed by atoms with Gasteiger partial charge < -0.3 is 15.2 Å². The molecule has 0 aliphatic rings. The minimum Gasteiger partial charge on any atom is -0.490 e. The van der Waals surface area contributed by atoms with Crippen molar-refractivity contribution in [2.45, 2.75) is 13.8 Å². The second-order valence-electron chi connectivity index (χ2n) is 4.63. The summed E-state index contributed by atoms with van der Waals surface area (Å²) < 4.78 is 12.4. The highest BCUT2D eigenvalue weighted by Gasteiger charge is 2.05. The monoisotopic (exact) mass is 335 g/mol. The fourth-order valence-corrected chi connectivity index (χ4v) is 2.31. The fourth-order valence-electron chi connectivity index (χ4n) is 2.05. The summed E-state index contributed by atoms with van der Waals surface area (Å²) in [5.74, 6) is 1.72. The van der Waals surface area contributed by atoms with Crippen molar-refractivity contribution in [3.63, 3.8) is 0 Å². The molecular formula is C16H18BrNO2. The van der Waals surface area contributed by atoms with Gasteiger partial charge >= 0.3 is 0 Å². The number of benzene rings is 2. The quantitative estimate of drug-likeness (QED) is 0.660. The Morgan fingerprint density at radius 2 is 1.50 bits per heavy atom. The molecule has 0 fully saturated rings. The normalized spacial score (nSPS) is 10.3. The van der Waals surface area contributed by atoms with Crippen LogP contribution < -0.4 is 15.2 Å². The number of aryl methyl sites for hydroxylation is 2. The van der Waals surface area contributed by atoms with Gasteiger partial charge in [-0.3, -0.25) is 0 Å². The van der Waals surface area contributed by atoms with E-state index in [1.165, 1.54) is 0 Å². The maximum atomic E-state index is 5.79. The maximum Gasteiger partial charge on any atom is 0.125 e. The summed E-state index contributed by atoms with van der Waals surface area (Å²) in [6.45, 7) is 5.00. The third-order valence-electron chi connectivity index (χ3n) is 2.89. The van der Waals surface area contributed by atoms with Gasteiger partial charge in [-0.1, -0.05) is 15.9 Å². The Balaban J connectivity index is 1.86. The largest absolute Gasteiger partial charge is 0.490 e. The van der Waals surface area contributed by atoms with Gasteiger partial charge in [-0.05, 0) is 61.4 Å². The number of nitrogens with two attached hydrogens (primary N) is 1. The molecule has 4 heteroatoms. The van der Waals surface area contributed by atoms with Gasteiger partial charge in [-0.25, -0.2) is 0 Å². The van der Waals surface area contributed by atoms with Crippen LogP contribution in [-0.4, -0.2) is 13.2 Å². The summed E-state index contributed by atoms with van der Waals surface area (Å²) in [5, 5.41) is 0. The van der Waals surface area contributed by atoms with Gasteiger partial charge in [-0.2, -0.15) is 0 Å². The molecule has 0 saturated heterocycles. The number of ether oxygens (including phenoxy) is 2. The second kappa shape index (κ2) is 6.66. The van der Waals surface area contributed by atoms with E-state index in [-0.39, 0.29) is 0 Å². The van der Waals surface area contributed by atoms with Gasteiger partial charge in [-0.15, -0.1) is 0 Å². The SMILES string of the molecule is Cc1cc(N)cc(C)c1OCCOc1ccc(Br)cc1. The molecule has 106 valence electrons. The predicted octanol–water partition coefficient (Wildman–Crippen LogP) is 4.11. The third kappa shape index (κ3) is 3.90. The lowest BCUT2D eigenvalue weighted by Gasteiger charge is -2.13. The van der Waals surface area contributed by atoms with Crippen LogP contribution in [0.3, 0.4) is 0 Å². The van der Waals surface area contributed by atoms with Crippen molar-refractivity contribution in [3.8, 4) is 11.5 Å². The molecule has 0 unspecified atom stereocenters. The molecule has 0 saturated carbocycles. The Labute approximate surface area is 127 Å². The Kier molecular flexibility index (Phi) is 4.90. The summed E-state index contributed by atoms with van der Waals surface area (Å²) in [6.07, 6.45) is 0. The Bertz CT molecular complexity index is 559. The molecule has 2 aromatic rings. The number of hydrogen-bond acceptors (Lipinski definition) is 3. The van der Waals surface area contributed by atoms with Crippen LogP contribution in [0.4, 0.5) is 5.69 Å².